The van der Waals surface area contributed by atoms with Gasteiger partial charge in [0.15, 0.2) is 0 Å². The van der Waals surface area contributed by atoms with E-state index >= 15 is 0 Å². The molecule has 0 aliphatic carbocycles. The van der Waals surface area contributed by atoms with Crippen molar-refractivity contribution in [1.82, 2.24) is 9.80 Å². The first-order valence-electron chi connectivity index (χ1n) is 9.51. The molecule has 0 amide bonds. The lowest BCUT2D eigenvalue weighted by atomic mass is 10.1. The maximum absolute atomic E-state index is 12.0. The summed E-state index contributed by atoms with van der Waals surface area (Å²) in [6.45, 7) is 9.51. The maximum atomic E-state index is 12.0. The largest absolute Gasteiger partial charge is 0.492 e. The molecule has 2 aliphatic rings. The molecule has 1 atom stereocenters. The normalized spacial score (nSPS) is 21.8. The predicted octanol–water partition coefficient (Wildman–Crippen LogP) is 2.98. The topological polar surface area (TPSA) is 42.0 Å². The van der Waals surface area contributed by atoms with Gasteiger partial charge in [-0.15, -0.1) is 0 Å². The number of hydrogen-bond donors (Lipinski definition) is 0. The van der Waals surface area contributed by atoms with E-state index in [0.717, 1.165) is 57.9 Å². The molecule has 1 saturated heterocycles. The van der Waals surface area contributed by atoms with Crippen LogP contribution in [0, 0.1) is 0 Å². The second-order valence-corrected chi connectivity index (χ2v) is 7.29. The van der Waals surface area contributed by atoms with Crippen LogP contribution < -0.4 is 4.74 Å². The van der Waals surface area contributed by atoms with Crippen molar-refractivity contribution < 1.29 is 14.3 Å². The van der Waals surface area contributed by atoms with Gasteiger partial charge < -0.3 is 9.47 Å². The minimum absolute atomic E-state index is 0.108. The Morgan fingerprint density at radius 1 is 1.38 bits per heavy atom. The summed E-state index contributed by atoms with van der Waals surface area (Å²) in [6.07, 6.45) is 4.10. The Balaban J connectivity index is 1.72. The van der Waals surface area contributed by atoms with E-state index in [1.165, 1.54) is 23.8 Å². The molecule has 0 N–H and O–H groups in total. The number of carbonyl (C=O) groups is 1. The standard InChI is InChI=1S/C21H30N2O3/c1-4-16(2)13-22-10-11-26-20-8-7-17(12-18(20)15-22)14-23-9-5-6-19(23)21(24)25-3/h4,7-8,12,19H,5-6,9-11,13-15H2,1-3H3/b16-4+/t19-/m0/s1. The van der Waals surface area contributed by atoms with Crippen LogP contribution in [0.1, 0.15) is 37.8 Å². The molecule has 0 aromatic heterocycles. The van der Waals surface area contributed by atoms with E-state index in [9.17, 15) is 4.79 Å². The van der Waals surface area contributed by atoms with Crippen molar-refractivity contribution in [2.45, 2.75) is 45.8 Å². The van der Waals surface area contributed by atoms with Gasteiger partial charge in [0.2, 0.25) is 0 Å². The molecule has 3 rings (SSSR count). The summed E-state index contributed by atoms with van der Waals surface area (Å²) < 4.78 is 10.9. The van der Waals surface area contributed by atoms with Gasteiger partial charge in [-0.05, 0) is 50.9 Å². The van der Waals surface area contributed by atoms with Crippen LogP contribution in [0.2, 0.25) is 0 Å². The van der Waals surface area contributed by atoms with Crippen LogP contribution in [-0.2, 0) is 22.6 Å². The van der Waals surface area contributed by atoms with Gasteiger partial charge in [0.1, 0.15) is 18.4 Å². The van der Waals surface area contributed by atoms with Gasteiger partial charge in [0.25, 0.3) is 0 Å². The van der Waals surface area contributed by atoms with Crippen molar-refractivity contribution in [1.29, 1.82) is 0 Å². The van der Waals surface area contributed by atoms with Crippen molar-refractivity contribution in [3.8, 4) is 5.75 Å². The molecule has 1 aromatic rings. The molecule has 1 fully saturated rings. The molecule has 26 heavy (non-hydrogen) atoms. The Hall–Kier alpha value is -1.85. The number of hydrogen-bond acceptors (Lipinski definition) is 5. The summed E-state index contributed by atoms with van der Waals surface area (Å²) in [7, 11) is 1.47. The average molecular weight is 358 g/mol. The van der Waals surface area contributed by atoms with E-state index in [2.05, 4.69) is 47.9 Å². The SMILES string of the molecule is C/C=C(\C)CN1CCOc2ccc(CN3CCC[C@H]3C(=O)OC)cc2C1. The van der Waals surface area contributed by atoms with E-state index in [1.807, 2.05) is 0 Å². The summed E-state index contributed by atoms with van der Waals surface area (Å²) in [6, 6.07) is 6.34. The first-order chi connectivity index (χ1) is 12.6. The van der Waals surface area contributed by atoms with Crippen molar-refractivity contribution in [3.05, 3.63) is 41.0 Å². The highest BCUT2D eigenvalue weighted by molar-refractivity contribution is 5.76. The Morgan fingerprint density at radius 2 is 2.23 bits per heavy atom. The van der Waals surface area contributed by atoms with E-state index in [-0.39, 0.29) is 12.0 Å². The molecule has 0 radical (unpaired) electrons. The highest BCUT2D eigenvalue weighted by Gasteiger charge is 2.31. The number of fused-ring (bicyclic) bond motifs is 1. The van der Waals surface area contributed by atoms with Gasteiger partial charge in [0.05, 0.1) is 7.11 Å². The van der Waals surface area contributed by atoms with Gasteiger partial charge in [-0.1, -0.05) is 17.7 Å². The van der Waals surface area contributed by atoms with Gasteiger partial charge in [0, 0.05) is 31.7 Å². The van der Waals surface area contributed by atoms with Gasteiger partial charge in [-0.3, -0.25) is 14.6 Å². The fourth-order valence-corrected chi connectivity index (χ4v) is 3.83. The van der Waals surface area contributed by atoms with Gasteiger partial charge in [-0.2, -0.15) is 0 Å². The Bertz CT molecular complexity index is 671. The quantitative estimate of drug-likeness (QED) is 0.598. The van der Waals surface area contributed by atoms with E-state index < -0.39 is 0 Å². The molecular formula is C21H30N2O3. The summed E-state index contributed by atoms with van der Waals surface area (Å²) in [5.74, 6) is 0.869. The zero-order valence-electron chi connectivity index (χ0n) is 16.2. The predicted molar refractivity (Wildman–Crippen MR) is 102 cm³/mol. The third-order valence-electron chi connectivity index (χ3n) is 5.37. The monoisotopic (exact) mass is 358 g/mol. The fourth-order valence-electron chi connectivity index (χ4n) is 3.83. The van der Waals surface area contributed by atoms with Crippen LogP contribution in [0.5, 0.6) is 5.75 Å². The summed E-state index contributed by atoms with van der Waals surface area (Å²) in [4.78, 5) is 16.6. The molecule has 0 spiro atoms. The molecule has 2 heterocycles. The van der Waals surface area contributed by atoms with Gasteiger partial charge in [-0.25, -0.2) is 0 Å². The van der Waals surface area contributed by atoms with Crippen LogP contribution in [0.3, 0.4) is 0 Å². The number of benzene rings is 1. The highest BCUT2D eigenvalue weighted by atomic mass is 16.5. The van der Waals surface area contributed by atoms with Crippen LogP contribution in [0.4, 0.5) is 0 Å². The maximum Gasteiger partial charge on any atom is 0.323 e. The minimum atomic E-state index is -0.117. The highest BCUT2D eigenvalue weighted by Crippen LogP contribution is 2.27. The molecule has 0 unspecified atom stereocenters. The van der Waals surface area contributed by atoms with E-state index in [1.54, 1.807) is 0 Å². The van der Waals surface area contributed by atoms with Crippen LogP contribution in [0.25, 0.3) is 0 Å². The summed E-state index contributed by atoms with van der Waals surface area (Å²) >= 11 is 0. The van der Waals surface area contributed by atoms with E-state index in [0.29, 0.717) is 0 Å². The molecule has 0 saturated carbocycles. The fraction of sp³-hybridized carbons (Fsp3) is 0.571. The van der Waals surface area contributed by atoms with E-state index in [4.69, 9.17) is 9.47 Å². The zero-order valence-corrected chi connectivity index (χ0v) is 16.2. The van der Waals surface area contributed by atoms with Crippen molar-refractivity contribution in [3.63, 3.8) is 0 Å². The third-order valence-corrected chi connectivity index (χ3v) is 5.37. The number of carbonyl (C=O) groups excluding carboxylic acids is 1. The summed E-state index contributed by atoms with van der Waals surface area (Å²) in [5.41, 5.74) is 3.84. The minimum Gasteiger partial charge on any atom is -0.492 e. The Morgan fingerprint density at radius 3 is 3.00 bits per heavy atom. The third kappa shape index (κ3) is 4.46. The first-order valence-corrected chi connectivity index (χ1v) is 9.51. The lowest BCUT2D eigenvalue weighted by Crippen LogP contribution is -2.36. The van der Waals surface area contributed by atoms with Crippen LogP contribution in [-0.4, -0.2) is 55.2 Å². The second kappa shape index (κ2) is 8.69. The molecule has 0 bridgehead atoms. The van der Waals surface area contributed by atoms with Gasteiger partial charge >= 0.3 is 5.97 Å². The number of nitrogens with zero attached hydrogens (tertiary/aromatic N) is 2. The smallest absolute Gasteiger partial charge is 0.323 e. The Kier molecular flexibility index (Phi) is 6.33. The number of ether oxygens (including phenoxy) is 2. The van der Waals surface area contributed by atoms with Crippen molar-refractivity contribution in [2.75, 3.05) is 33.4 Å². The number of likely N-dealkylation sites (tertiary alicyclic amines) is 1. The van der Waals surface area contributed by atoms with Crippen LogP contribution in [0.15, 0.2) is 29.8 Å². The molecule has 1 aromatic carbocycles. The molecule has 5 nitrogen and oxygen atoms in total. The van der Waals surface area contributed by atoms with Crippen molar-refractivity contribution >= 4 is 5.97 Å². The Labute approximate surface area is 156 Å². The molecule has 2 aliphatic heterocycles. The molecule has 142 valence electrons. The molecule has 5 heteroatoms. The first kappa shape index (κ1) is 18.9. The van der Waals surface area contributed by atoms with Crippen molar-refractivity contribution in [2.24, 2.45) is 0 Å². The number of allylic oxidation sites excluding steroid dienone is 1. The second-order valence-electron chi connectivity index (χ2n) is 7.29. The number of methoxy groups -OCH3 is 1. The molecular weight excluding hydrogens is 328 g/mol. The lowest BCUT2D eigenvalue weighted by Gasteiger charge is -2.23. The number of rotatable bonds is 5. The van der Waals surface area contributed by atoms with Crippen LogP contribution >= 0.6 is 0 Å². The summed E-state index contributed by atoms with van der Waals surface area (Å²) in [5, 5.41) is 0. The average Bonchev–Trinajstić information content (AvgIpc) is 3.01. The zero-order chi connectivity index (χ0) is 18.5. The number of esters is 1. The lowest BCUT2D eigenvalue weighted by molar-refractivity contribution is -0.146.